The molecule has 1 unspecified atom stereocenters. The Morgan fingerprint density at radius 1 is 1.42 bits per heavy atom. The van der Waals surface area contributed by atoms with Crippen molar-refractivity contribution in [1.82, 2.24) is 9.88 Å². The first-order valence-corrected chi connectivity index (χ1v) is 9.63. The molecule has 0 aromatic carbocycles. The minimum atomic E-state index is -0.416. The van der Waals surface area contributed by atoms with Gasteiger partial charge >= 0.3 is 5.97 Å². The number of thiazole rings is 1. The molecule has 1 aromatic heterocycles. The predicted octanol–water partition coefficient (Wildman–Crippen LogP) is 1.74. The molecule has 1 aliphatic heterocycles. The molecule has 2 amide bonds. The molecule has 144 valence electrons. The van der Waals surface area contributed by atoms with Crippen molar-refractivity contribution in [1.29, 1.82) is 0 Å². The Bertz CT molecular complexity index is 628. The number of carbonyl (C=O) groups is 3. The fraction of sp³-hybridized carbons (Fsp3) is 0.647. The van der Waals surface area contributed by atoms with Gasteiger partial charge in [0, 0.05) is 25.0 Å². The van der Waals surface area contributed by atoms with Gasteiger partial charge in [-0.25, -0.2) is 4.98 Å². The standard InChI is InChI=1S/C17H25N3O5S/c1-3-24-16(23)7-6-15(22)20(9-13-5-4-8-25-13)10-14(21)19-17-18-12(2)11-26-17/h11,13H,3-10H2,1-2H3,(H,18,19,21). The Morgan fingerprint density at radius 2 is 2.23 bits per heavy atom. The van der Waals surface area contributed by atoms with E-state index in [0.29, 0.717) is 18.3 Å². The summed E-state index contributed by atoms with van der Waals surface area (Å²) in [6.07, 6.45) is 1.74. The molecule has 1 aliphatic rings. The lowest BCUT2D eigenvalue weighted by molar-refractivity contribution is -0.146. The highest BCUT2D eigenvalue weighted by Crippen LogP contribution is 2.16. The van der Waals surface area contributed by atoms with Crippen molar-refractivity contribution in [2.45, 2.75) is 45.6 Å². The first-order valence-electron chi connectivity index (χ1n) is 8.75. The number of nitrogens with one attached hydrogen (secondary N) is 1. The number of anilines is 1. The van der Waals surface area contributed by atoms with E-state index in [-0.39, 0.29) is 43.9 Å². The van der Waals surface area contributed by atoms with Gasteiger partial charge in [0.15, 0.2) is 5.13 Å². The van der Waals surface area contributed by atoms with E-state index in [0.717, 1.165) is 18.5 Å². The number of rotatable bonds is 9. The second-order valence-corrected chi connectivity index (χ2v) is 6.91. The normalized spacial score (nSPS) is 16.3. The number of hydrogen-bond acceptors (Lipinski definition) is 7. The Balaban J connectivity index is 1.91. The summed E-state index contributed by atoms with van der Waals surface area (Å²) in [6.45, 7) is 4.75. The maximum absolute atomic E-state index is 12.5. The number of hydrogen-bond donors (Lipinski definition) is 1. The van der Waals surface area contributed by atoms with E-state index in [9.17, 15) is 14.4 Å². The van der Waals surface area contributed by atoms with Gasteiger partial charge < -0.3 is 19.7 Å². The maximum Gasteiger partial charge on any atom is 0.306 e. The zero-order valence-corrected chi connectivity index (χ0v) is 16.0. The quantitative estimate of drug-likeness (QED) is 0.652. The topological polar surface area (TPSA) is 97.8 Å². The van der Waals surface area contributed by atoms with Crippen molar-refractivity contribution in [3.8, 4) is 0 Å². The van der Waals surface area contributed by atoms with E-state index < -0.39 is 5.97 Å². The number of aryl methyl sites for hydroxylation is 1. The summed E-state index contributed by atoms with van der Waals surface area (Å²) < 4.78 is 10.4. The number of aromatic nitrogens is 1. The second kappa shape index (κ2) is 10.2. The van der Waals surface area contributed by atoms with Crippen LogP contribution in [0.5, 0.6) is 0 Å². The van der Waals surface area contributed by atoms with Gasteiger partial charge in [-0.2, -0.15) is 0 Å². The van der Waals surface area contributed by atoms with Crippen LogP contribution in [0.25, 0.3) is 0 Å². The van der Waals surface area contributed by atoms with Crippen LogP contribution in [0.3, 0.4) is 0 Å². The van der Waals surface area contributed by atoms with Crippen molar-refractivity contribution >= 4 is 34.3 Å². The van der Waals surface area contributed by atoms with Gasteiger partial charge in [0.2, 0.25) is 11.8 Å². The molecule has 0 saturated carbocycles. The SMILES string of the molecule is CCOC(=O)CCC(=O)N(CC(=O)Nc1nc(C)cs1)CC1CCCO1. The molecule has 26 heavy (non-hydrogen) atoms. The van der Waals surface area contributed by atoms with E-state index in [2.05, 4.69) is 10.3 Å². The molecule has 0 spiro atoms. The van der Waals surface area contributed by atoms with Crippen molar-refractivity contribution in [3.63, 3.8) is 0 Å². The first kappa shape index (κ1) is 20.3. The molecule has 9 heteroatoms. The van der Waals surface area contributed by atoms with Gasteiger partial charge in [0.1, 0.15) is 6.54 Å². The minimum Gasteiger partial charge on any atom is -0.466 e. The van der Waals surface area contributed by atoms with Crippen LogP contribution >= 0.6 is 11.3 Å². The van der Waals surface area contributed by atoms with Gasteiger partial charge in [-0.1, -0.05) is 0 Å². The molecule has 0 radical (unpaired) electrons. The lowest BCUT2D eigenvalue weighted by Gasteiger charge is -2.24. The highest BCUT2D eigenvalue weighted by molar-refractivity contribution is 7.13. The Morgan fingerprint density at radius 3 is 2.85 bits per heavy atom. The van der Waals surface area contributed by atoms with Gasteiger partial charge in [-0.15, -0.1) is 11.3 Å². The fourth-order valence-corrected chi connectivity index (χ4v) is 3.34. The fourth-order valence-electron chi connectivity index (χ4n) is 2.63. The molecule has 1 atom stereocenters. The van der Waals surface area contributed by atoms with Gasteiger partial charge in [-0.05, 0) is 26.7 Å². The third-order valence-corrected chi connectivity index (χ3v) is 4.72. The molecule has 2 heterocycles. The first-order chi connectivity index (χ1) is 12.5. The van der Waals surface area contributed by atoms with E-state index in [1.165, 1.54) is 16.2 Å². The molecule has 2 rings (SSSR count). The summed E-state index contributed by atoms with van der Waals surface area (Å²) in [5.74, 6) is -0.999. The van der Waals surface area contributed by atoms with Crippen LogP contribution in [0.4, 0.5) is 5.13 Å². The molecule has 1 saturated heterocycles. The summed E-state index contributed by atoms with van der Waals surface area (Å²) in [5.41, 5.74) is 0.826. The zero-order chi connectivity index (χ0) is 18.9. The van der Waals surface area contributed by atoms with E-state index in [1.807, 2.05) is 12.3 Å². The number of ether oxygens (including phenoxy) is 2. The minimum absolute atomic E-state index is 0.00198. The van der Waals surface area contributed by atoms with Crippen molar-refractivity contribution in [3.05, 3.63) is 11.1 Å². The molecule has 1 N–H and O–H groups in total. The van der Waals surface area contributed by atoms with Gasteiger partial charge in [-0.3, -0.25) is 14.4 Å². The van der Waals surface area contributed by atoms with Crippen LogP contribution < -0.4 is 5.32 Å². The van der Waals surface area contributed by atoms with E-state index >= 15 is 0 Å². The second-order valence-electron chi connectivity index (χ2n) is 6.06. The number of nitrogens with zero attached hydrogens (tertiary/aromatic N) is 2. The van der Waals surface area contributed by atoms with Crippen LogP contribution in [-0.2, 0) is 23.9 Å². The zero-order valence-electron chi connectivity index (χ0n) is 15.2. The monoisotopic (exact) mass is 383 g/mol. The number of esters is 1. The summed E-state index contributed by atoms with van der Waals surface area (Å²) in [7, 11) is 0. The summed E-state index contributed by atoms with van der Waals surface area (Å²) >= 11 is 1.33. The predicted molar refractivity (Wildman–Crippen MR) is 96.9 cm³/mol. The van der Waals surface area contributed by atoms with Gasteiger partial charge in [0.25, 0.3) is 0 Å². The lowest BCUT2D eigenvalue weighted by atomic mass is 10.2. The van der Waals surface area contributed by atoms with E-state index in [4.69, 9.17) is 9.47 Å². The molecule has 1 aromatic rings. The van der Waals surface area contributed by atoms with E-state index in [1.54, 1.807) is 6.92 Å². The maximum atomic E-state index is 12.5. The van der Waals surface area contributed by atoms with Gasteiger partial charge in [0.05, 0.1) is 24.8 Å². The van der Waals surface area contributed by atoms with Crippen LogP contribution in [-0.4, -0.2) is 60.1 Å². The summed E-state index contributed by atoms with van der Waals surface area (Å²) in [4.78, 5) is 41.9. The highest BCUT2D eigenvalue weighted by Gasteiger charge is 2.25. The Labute approximate surface area is 156 Å². The van der Waals surface area contributed by atoms with Crippen LogP contribution in [0.15, 0.2) is 5.38 Å². The molecule has 1 fully saturated rings. The van der Waals surface area contributed by atoms with Crippen LogP contribution in [0, 0.1) is 6.92 Å². The molecule has 0 bridgehead atoms. The van der Waals surface area contributed by atoms with Crippen LogP contribution in [0.2, 0.25) is 0 Å². The summed E-state index contributed by atoms with van der Waals surface area (Å²) in [6, 6.07) is 0. The molecular weight excluding hydrogens is 358 g/mol. The Kier molecular flexibility index (Phi) is 7.99. The summed E-state index contributed by atoms with van der Waals surface area (Å²) in [5, 5.41) is 5.04. The van der Waals surface area contributed by atoms with Crippen molar-refractivity contribution in [2.24, 2.45) is 0 Å². The average molecular weight is 383 g/mol. The van der Waals surface area contributed by atoms with Crippen molar-refractivity contribution < 1.29 is 23.9 Å². The number of carbonyl (C=O) groups excluding carboxylic acids is 3. The smallest absolute Gasteiger partial charge is 0.306 e. The largest absolute Gasteiger partial charge is 0.466 e. The number of amides is 2. The molecule has 0 aliphatic carbocycles. The van der Waals surface area contributed by atoms with Crippen molar-refractivity contribution in [2.75, 3.05) is 31.6 Å². The lowest BCUT2D eigenvalue weighted by Crippen LogP contribution is -2.42. The third-order valence-electron chi connectivity index (χ3n) is 3.85. The third kappa shape index (κ3) is 6.72. The average Bonchev–Trinajstić information content (AvgIpc) is 3.24. The molecule has 8 nitrogen and oxygen atoms in total. The Hall–Kier alpha value is -2.00. The molecular formula is C17H25N3O5S. The van der Waals surface area contributed by atoms with Crippen LogP contribution in [0.1, 0.15) is 38.3 Å². The highest BCUT2D eigenvalue weighted by atomic mass is 32.1.